The first kappa shape index (κ1) is 19.7. The number of carbonyl (C=O) groups is 2. The second-order valence-corrected chi connectivity index (χ2v) is 5.23. The summed E-state index contributed by atoms with van der Waals surface area (Å²) in [5, 5.41) is 13.7. The Balaban J connectivity index is 1.83. The van der Waals surface area contributed by atoms with Crippen molar-refractivity contribution in [3.8, 4) is 11.5 Å². The summed E-state index contributed by atoms with van der Waals surface area (Å²) in [6.45, 7) is 0.105. The highest BCUT2D eigenvalue weighted by atomic mass is 16.6. The zero-order chi connectivity index (χ0) is 19.6. The average Bonchev–Trinajstić information content (AvgIpc) is 2.69. The van der Waals surface area contributed by atoms with E-state index in [2.05, 4.69) is 10.1 Å². The van der Waals surface area contributed by atoms with E-state index in [1.54, 1.807) is 12.1 Å². The van der Waals surface area contributed by atoms with Crippen LogP contribution < -0.4 is 14.8 Å². The molecule has 27 heavy (non-hydrogen) atoms. The molecule has 0 aliphatic heterocycles. The SMILES string of the molecule is COC(=O)c1ccc(OCC(=O)NCCOc2ccccc2)c([N+](=O)[O-])c1. The van der Waals surface area contributed by atoms with Gasteiger partial charge in [0.2, 0.25) is 0 Å². The van der Waals surface area contributed by atoms with Crippen LogP contribution in [-0.4, -0.2) is 43.7 Å². The van der Waals surface area contributed by atoms with Crippen molar-refractivity contribution in [3.05, 3.63) is 64.2 Å². The smallest absolute Gasteiger partial charge is 0.338 e. The molecule has 0 saturated heterocycles. The molecule has 2 rings (SSSR count). The molecule has 2 aromatic rings. The monoisotopic (exact) mass is 374 g/mol. The number of hydrogen-bond acceptors (Lipinski definition) is 7. The highest BCUT2D eigenvalue weighted by Gasteiger charge is 2.19. The third-order valence-electron chi connectivity index (χ3n) is 3.37. The van der Waals surface area contributed by atoms with Crippen molar-refractivity contribution < 1.29 is 28.7 Å². The fraction of sp³-hybridized carbons (Fsp3) is 0.222. The Kier molecular flexibility index (Phi) is 7.12. The van der Waals surface area contributed by atoms with Gasteiger partial charge in [0.1, 0.15) is 12.4 Å². The highest BCUT2D eigenvalue weighted by molar-refractivity contribution is 5.90. The summed E-state index contributed by atoms with van der Waals surface area (Å²) in [5.74, 6) is -0.605. The van der Waals surface area contributed by atoms with Gasteiger partial charge in [0, 0.05) is 6.07 Å². The fourth-order valence-electron chi connectivity index (χ4n) is 2.10. The molecule has 0 spiro atoms. The van der Waals surface area contributed by atoms with E-state index in [4.69, 9.17) is 9.47 Å². The summed E-state index contributed by atoms with van der Waals surface area (Å²) >= 11 is 0. The number of amides is 1. The van der Waals surface area contributed by atoms with Crippen molar-refractivity contribution >= 4 is 17.6 Å². The summed E-state index contributed by atoms with van der Waals surface area (Å²) in [7, 11) is 1.17. The summed E-state index contributed by atoms with van der Waals surface area (Å²) in [6.07, 6.45) is 0. The van der Waals surface area contributed by atoms with Gasteiger partial charge in [-0.15, -0.1) is 0 Å². The van der Waals surface area contributed by atoms with Crippen LogP contribution in [-0.2, 0) is 9.53 Å². The van der Waals surface area contributed by atoms with Gasteiger partial charge in [-0.05, 0) is 24.3 Å². The lowest BCUT2D eigenvalue weighted by Gasteiger charge is -2.09. The standard InChI is InChI=1S/C18H18N2O7/c1-25-18(22)13-7-8-16(15(11-13)20(23)24)27-12-17(21)19-9-10-26-14-5-3-2-4-6-14/h2-8,11H,9-10,12H2,1H3,(H,19,21). The molecule has 0 unspecified atom stereocenters. The van der Waals surface area contributed by atoms with E-state index in [0.29, 0.717) is 5.75 Å². The molecule has 142 valence electrons. The maximum absolute atomic E-state index is 11.8. The van der Waals surface area contributed by atoms with Gasteiger partial charge < -0.3 is 19.5 Å². The Bertz CT molecular complexity index is 809. The number of nitrogens with one attached hydrogen (secondary N) is 1. The molecule has 0 atom stereocenters. The number of benzene rings is 2. The predicted molar refractivity (Wildman–Crippen MR) is 94.9 cm³/mol. The molecule has 0 bridgehead atoms. The van der Waals surface area contributed by atoms with Crippen molar-refractivity contribution in [2.75, 3.05) is 26.9 Å². The number of rotatable bonds is 9. The Morgan fingerprint density at radius 2 is 1.85 bits per heavy atom. The molecule has 0 fully saturated rings. The first-order valence-electron chi connectivity index (χ1n) is 7.95. The topological polar surface area (TPSA) is 117 Å². The van der Waals surface area contributed by atoms with Crippen molar-refractivity contribution in [2.45, 2.75) is 0 Å². The van der Waals surface area contributed by atoms with Crippen molar-refractivity contribution in [2.24, 2.45) is 0 Å². The zero-order valence-electron chi connectivity index (χ0n) is 14.5. The van der Waals surface area contributed by atoms with Gasteiger partial charge in [0.25, 0.3) is 5.91 Å². The van der Waals surface area contributed by atoms with Crippen molar-refractivity contribution in [1.82, 2.24) is 5.32 Å². The van der Waals surface area contributed by atoms with E-state index >= 15 is 0 Å². The Morgan fingerprint density at radius 1 is 1.11 bits per heavy atom. The number of nitro groups is 1. The van der Waals surface area contributed by atoms with Gasteiger partial charge in [0.15, 0.2) is 12.4 Å². The average molecular weight is 374 g/mol. The summed E-state index contributed by atoms with van der Waals surface area (Å²) in [6, 6.07) is 12.7. The first-order valence-corrected chi connectivity index (χ1v) is 7.95. The predicted octanol–water partition coefficient (Wildman–Crippen LogP) is 1.96. The molecule has 9 nitrogen and oxygen atoms in total. The van der Waals surface area contributed by atoms with E-state index in [0.717, 1.165) is 6.07 Å². The summed E-state index contributed by atoms with van der Waals surface area (Å²) in [5.41, 5.74) is -0.419. The van der Waals surface area contributed by atoms with Crippen LogP contribution in [0.3, 0.4) is 0 Å². The third-order valence-corrected chi connectivity index (χ3v) is 3.37. The summed E-state index contributed by atoms with van der Waals surface area (Å²) < 4.78 is 15.1. The quantitative estimate of drug-likeness (QED) is 0.308. The van der Waals surface area contributed by atoms with Crippen molar-refractivity contribution in [1.29, 1.82) is 0 Å². The number of carbonyl (C=O) groups excluding carboxylic acids is 2. The number of esters is 1. The molecular weight excluding hydrogens is 356 g/mol. The zero-order valence-corrected chi connectivity index (χ0v) is 14.5. The van der Waals surface area contributed by atoms with Crippen LogP contribution in [0.5, 0.6) is 11.5 Å². The molecule has 0 aromatic heterocycles. The molecule has 0 aliphatic carbocycles. The van der Waals surface area contributed by atoms with Gasteiger partial charge in [-0.1, -0.05) is 18.2 Å². The van der Waals surface area contributed by atoms with E-state index in [9.17, 15) is 19.7 Å². The lowest BCUT2D eigenvalue weighted by atomic mass is 10.2. The van der Waals surface area contributed by atoms with Gasteiger partial charge in [-0.2, -0.15) is 0 Å². The largest absolute Gasteiger partial charge is 0.492 e. The Labute approximate surface area is 155 Å². The molecule has 0 heterocycles. The molecule has 0 radical (unpaired) electrons. The van der Waals surface area contributed by atoms with Crippen LogP contribution in [0.1, 0.15) is 10.4 Å². The van der Waals surface area contributed by atoms with Crippen LogP contribution >= 0.6 is 0 Å². The van der Waals surface area contributed by atoms with Gasteiger partial charge >= 0.3 is 11.7 Å². The van der Waals surface area contributed by atoms with Gasteiger partial charge in [-0.3, -0.25) is 14.9 Å². The second kappa shape index (κ2) is 9.76. The lowest BCUT2D eigenvalue weighted by Crippen LogP contribution is -2.32. The molecular formula is C18H18N2O7. The van der Waals surface area contributed by atoms with E-state index in [1.165, 1.54) is 19.2 Å². The maximum atomic E-state index is 11.8. The number of hydrogen-bond donors (Lipinski definition) is 1. The van der Waals surface area contributed by atoms with E-state index in [-0.39, 0.29) is 24.5 Å². The molecule has 1 N–H and O–H groups in total. The minimum absolute atomic E-state index is 0.0130. The van der Waals surface area contributed by atoms with Crippen LogP contribution in [0.15, 0.2) is 48.5 Å². The van der Waals surface area contributed by atoms with Crippen LogP contribution in [0.4, 0.5) is 5.69 Å². The minimum atomic E-state index is -0.708. The third kappa shape index (κ3) is 5.99. The highest BCUT2D eigenvalue weighted by Crippen LogP contribution is 2.28. The van der Waals surface area contributed by atoms with Crippen LogP contribution in [0, 0.1) is 10.1 Å². The molecule has 2 aromatic carbocycles. The van der Waals surface area contributed by atoms with E-state index in [1.807, 2.05) is 18.2 Å². The van der Waals surface area contributed by atoms with Crippen molar-refractivity contribution in [3.63, 3.8) is 0 Å². The maximum Gasteiger partial charge on any atom is 0.338 e. The minimum Gasteiger partial charge on any atom is -0.492 e. The summed E-state index contributed by atoms with van der Waals surface area (Å²) in [4.78, 5) is 33.7. The van der Waals surface area contributed by atoms with Crippen LogP contribution in [0.2, 0.25) is 0 Å². The normalized spacial score (nSPS) is 9.96. The fourth-order valence-corrected chi connectivity index (χ4v) is 2.10. The lowest BCUT2D eigenvalue weighted by molar-refractivity contribution is -0.385. The number of methoxy groups -OCH3 is 1. The first-order chi connectivity index (χ1) is 13.0. The van der Waals surface area contributed by atoms with Gasteiger partial charge in [-0.25, -0.2) is 4.79 Å². The van der Waals surface area contributed by atoms with Gasteiger partial charge in [0.05, 0.1) is 24.1 Å². The second-order valence-electron chi connectivity index (χ2n) is 5.23. The van der Waals surface area contributed by atoms with Crippen LogP contribution in [0.25, 0.3) is 0 Å². The Morgan fingerprint density at radius 3 is 2.52 bits per heavy atom. The number of ether oxygens (including phenoxy) is 3. The van der Waals surface area contributed by atoms with E-state index < -0.39 is 29.1 Å². The molecule has 0 saturated carbocycles. The number of nitrogens with zero attached hydrogens (tertiary/aromatic N) is 1. The molecule has 9 heteroatoms. The number of nitro benzene ring substituents is 1. The number of para-hydroxylation sites is 1. The molecule has 0 aliphatic rings. The Hall–Kier alpha value is -3.62. The molecule has 1 amide bonds.